The molecule has 0 heterocycles. The molecule has 0 aliphatic heterocycles. The Balaban J connectivity index is 0.000000389. The fourth-order valence-corrected chi connectivity index (χ4v) is 3.63. The van der Waals surface area contributed by atoms with E-state index in [2.05, 4.69) is 37.3 Å². The van der Waals surface area contributed by atoms with E-state index in [-0.39, 0.29) is 24.8 Å². The van der Waals surface area contributed by atoms with Crippen LogP contribution in [-0.2, 0) is 24.2 Å². The van der Waals surface area contributed by atoms with Gasteiger partial charge in [0, 0.05) is 0 Å². The zero-order valence-corrected chi connectivity index (χ0v) is 16.9. The van der Waals surface area contributed by atoms with Gasteiger partial charge in [-0.2, -0.15) is 11.6 Å². The minimum absolute atomic E-state index is 0. The minimum atomic E-state index is 0. The molecule has 0 N–H and O–H groups in total. The predicted molar refractivity (Wildman–Crippen MR) is 94.2 cm³/mol. The molecule has 0 spiro atoms. The molecule has 1 saturated carbocycles. The Morgan fingerprint density at radius 3 is 2.33 bits per heavy atom. The van der Waals surface area contributed by atoms with Crippen LogP contribution in [0.1, 0.15) is 58.3 Å². The van der Waals surface area contributed by atoms with Gasteiger partial charge in [-0.25, -0.2) is 5.57 Å². The first kappa shape index (κ1) is 21.3. The van der Waals surface area contributed by atoms with E-state index in [0.29, 0.717) is 0 Å². The van der Waals surface area contributed by atoms with Crippen LogP contribution in [0.5, 0.6) is 0 Å². The second-order valence-corrected chi connectivity index (χ2v) is 7.06. The summed E-state index contributed by atoms with van der Waals surface area (Å²) in [5, 5.41) is 0. The van der Waals surface area contributed by atoms with Crippen LogP contribution in [0.4, 0.5) is 0 Å². The predicted octanol–water partition coefficient (Wildman–Crippen LogP) is 5.86. The van der Waals surface area contributed by atoms with Gasteiger partial charge in [0.2, 0.25) is 0 Å². The Labute approximate surface area is 157 Å². The summed E-state index contributed by atoms with van der Waals surface area (Å²) in [6.45, 7) is 2.20. The Morgan fingerprint density at radius 1 is 1.14 bits per heavy atom. The number of rotatable bonds is 2. The Bertz CT molecular complexity index is 448. The molecule has 0 nitrogen and oxygen atoms in total. The quantitative estimate of drug-likeness (QED) is 0.507. The molecular weight excluding hydrogens is 378 g/mol. The molecule has 0 aromatic heterocycles. The van der Waals surface area contributed by atoms with E-state index in [1.54, 1.807) is 27.4 Å². The van der Waals surface area contributed by atoms with Gasteiger partial charge in [0.25, 0.3) is 0 Å². The summed E-state index contributed by atoms with van der Waals surface area (Å²) in [7, 11) is 0. The maximum absolute atomic E-state index is 3.39. The summed E-state index contributed by atoms with van der Waals surface area (Å²) in [6.07, 6.45) is 22.8. The molecule has 3 aliphatic carbocycles. The van der Waals surface area contributed by atoms with Crippen LogP contribution in [0, 0.1) is 6.08 Å². The normalized spacial score (nSPS) is 19.4. The summed E-state index contributed by atoms with van der Waals surface area (Å²) in [5.74, 6) is 0. The van der Waals surface area contributed by atoms with Crippen molar-refractivity contribution >= 4 is 28.0 Å². The molecule has 0 radical (unpaired) electrons. The third-order valence-electron chi connectivity index (χ3n) is 3.87. The summed E-state index contributed by atoms with van der Waals surface area (Å²) in [4.78, 5) is 0. The number of hydrogen-bond acceptors (Lipinski definition) is 0. The SMILES string of the molecule is CCC1=[C-]CC=C1C1=CC=CC1.Cl.Cl.[Zr]=[C]1CCCCC1. The van der Waals surface area contributed by atoms with Crippen LogP contribution in [0.3, 0.4) is 0 Å². The molecule has 3 aliphatic rings. The molecule has 116 valence electrons. The first-order valence-electron chi connectivity index (χ1n) is 7.54. The van der Waals surface area contributed by atoms with E-state index in [9.17, 15) is 0 Å². The first-order chi connectivity index (χ1) is 9.31. The number of allylic oxidation sites excluding steroid dienone is 8. The second kappa shape index (κ2) is 11.8. The molecule has 0 aromatic carbocycles. The van der Waals surface area contributed by atoms with Crippen molar-refractivity contribution in [2.24, 2.45) is 0 Å². The average molecular weight is 404 g/mol. The topological polar surface area (TPSA) is 0 Å². The van der Waals surface area contributed by atoms with Crippen LogP contribution >= 0.6 is 24.8 Å². The van der Waals surface area contributed by atoms with Gasteiger partial charge in [-0.1, -0.05) is 31.6 Å². The summed E-state index contributed by atoms with van der Waals surface area (Å²) in [6, 6.07) is 0. The van der Waals surface area contributed by atoms with Crippen molar-refractivity contribution in [2.75, 3.05) is 0 Å². The Hall–Kier alpha value is 0.293. The van der Waals surface area contributed by atoms with Gasteiger partial charge in [0.05, 0.1) is 0 Å². The van der Waals surface area contributed by atoms with Crippen LogP contribution in [0.25, 0.3) is 0 Å². The number of halogens is 2. The van der Waals surface area contributed by atoms with Crippen LogP contribution < -0.4 is 0 Å². The van der Waals surface area contributed by atoms with Crippen molar-refractivity contribution in [3.63, 3.8) is 0 Å². The van der Waals surface area contributed by atoms with Crippen molar-refractivity contribution in [1.82, 2.24) is 0 Å². The van der Waals surface area contributed by atoms with Gasteiger partial charge >= 0.3 is 59.5 Å². The van der Waals surface area contributed by atoms with Crippen molar-refractivity contribution < 1.29 is 24.2 Å². The third-order valence-corrected chi connectivity index (χ3v) is 5.10. The van der Waals surface area contributed by atoms with Gasteiger partial charge in [-0.05, 0) is 6.42 Å². The standard InChI is InChI=1S/C12H13.C6H10.2ClH.Zr/c1-2-10-8-5-9-12(10)11-6-3-4-7-11;1-2-4-6-5-3-1;;;/h3-4,6,9H,2,5,7H2,1H3;1-5H2;2*1H;/q-1;;;;. The molecule has 0 bridgehead atoms. The average Bonchev–Trinajstić information content (AvgIpc) is 3.11. The van der Waals surface area contributed by atoms with Crippen LogP contribution in [0.15, 0.2) is 41.0 Å². The van der Waals surface area contributed by atoms with Crippen molar-refractivity contribution in [1.29, 1.82) is 0 Å². The van der Waals surface area contributed by atoms with E-state index in [4.69, 9.17) is 0 Å². The van der Waals surface area contributed by atoms with Gasteiger partial charge in [-0.3, -0.25) is 6.08 Å². The van der Waals surface area contributed by atoms with Crippen molar-refractivity contribution in [3.8, 4) is 0 Å². The van der Waals surface area contributed by atoms with Crippen LogP contribution in [-0.4, -0.2) is 3.21 Å². The summed E-state index contributed by atoms with van der Waals surface area (Å²) < 4.78 is 1.80. The second-order valence-electron chi connectivity index (χ2n) is 5.32. The molecule has 3 rings (SSSR count). The van der Waals surface area contributed by atoms with Gasteiger partial charge < -0.3 is 0 Å². The molecule has 0 saturated heterocycles. The molecule has 0 unspecified atom stereocenters. The number of hydrogen-bond donors (Lipinski definition) is 0. The molecule has 3 heteroatoms. The Kier molecular flexibility index (Phi) is 12.0. The summed E-state index contributed by atoms with van der Waals surface area (Å²) >= 11 is 1.69. The fraction of sp³-hybridized carbons (Fsp3) is 0.500. The molecule has 0 amide bonds. The summed E-state index contributed by atoms with van der Waals surface area (Å²) in [5.41, 5.74) is 4.32. The Morgan fingerprint density at radius 2 is 1.86 bits per heavy atom. The van der Waals surface area contributed by atoms with Gasteiger partial charge in [0.15, 0.2) is 0 Å². The van der Waals surface area contributed by atoms with E-state index in [1.165, 1.54) is 48.8 Å². The van der Waals surface area contributed by atoms with E-state index in [0.717, 1.165) is 19.3 Å². The molecular formula is C18H25Cl2Zr-. The van der Waals surface area contributed by atoms with Crippen molar-refractivity contribution in [3.05, 3.63) is 47.1 Å². The third kappa shape index (κ3) is 6.93. The molecule has 1 fully saturated rings. The maximum atomic E-state index is 3.39. The molecule has 21 heavy (non-hydrogen) atoms. The fourth-order valence-electron chi connectivity index (χ4n) is 2.76. The van der Waals surface area contributed by atoms with Gasteiger partial charge in [-0.15, -0.1) is 36.8 Å². The zero-order valence-electron chi connectivity index (χ0n) is 12.8. The van der Waals surface area contributed by atoms with Crippen molar-refractivity contribution in [2.45, 2.75) is 58.3 Å². The van der Waals surface area contributed by atoms with E-state index >= 15 is 0 Å². The van der Waals surface area contributed by atoms with E-state index in [1.807, 2.05) is 0 Å². The van der Waals surface area contributed by atoms with Gasteiger partial charge in [0.1, 0.15) is 0 Å². The molecule has 0 aromatic rings. The first-order valence-corrected chi connectivity index (χ1v) is 8.76. The van der Waals surface area contributed by atoms with E-state index < -0.39 is 0 Å². The monoisotopic (exact) mass is 401 g/mol. The van der Waals surface area contributed by atoms with Crippen LogP contribution in [0.2, 0.25) is 0 Å². The molecule has 0 atom stereocenters. The zero-order chi connectivity index (χ0) is 13.5.